The zero-order chi connectivity index (χ0) is 11.0. The van der Waals surface area contributed by atoms with Gasteiger partial charge in [-0.3, -0.25) is 9.59 Å². The molecule has 0 unspecified atom stereocenters. The summed E-state index contributed by atoms with van der Waals surface area (Å²) in [4.78, 5) is 20.6. The van der Waals surface area contributed by atoms with Gasteiger partial charge in [0.15, 0.2) is 0 Å². The summed E-state index contributed by atoms with van der Waals surface area (Å²) >= 11 is 0. The van der Waals surface area contributed by atoms with Gasteiger partial charge in [-0.1, -0.05) is 17.2 Å². The molecule has 0 aromatic carbocycles. The Morgan fingerprint density at radius 2 is 2.00 bits per heavy atom. The molecule has 0 aliphatic rings. The number of carbonyl (C=O) groups excluding carboxylic acids is 1. The molecule has 0 rings (SSSR count). The maximum Gasteiger partial charge on any atom is 0.307 e. The van der Waals surface area contributed by atoms with Crippen LogP contribution in [0.1, 0.15) is 33.1 Å². The smallest absolute Gasteiger partial charge is 0.307 e. The quantitative estimate of drug-likeness (QED) is 0.403. The van der Waals surface area contributed by atoms with Crippen LogP contribution >= 0.6 is 0 Å². The number of hydrogen-bond acceptors (Lipinski definition) is 2. The first kappa shape index (κ1) is 12.6. The molecular weight excluding hydrogens is 180 g/mol. The minimum Gasteiger partial charge on any atom is -0.481 e. The van der Waals surface area contributed by atoms with Crippen molar-refractivity contribution >= 4 is 12.3 Å². The van der Waals surface area contributed by atoms with Gasteiger partial charge in [0.25, 0.3) is 0 Å². The number of aliphatic carboxylic acids is 1. The zero-order valence-corrected chi connectivity index (χ0v) is 8.62. The molecule has 0 aliphatic heterocycles. The topological polar surface area (TPSA) is 54.4 Å². The van der Waals surface area contributed by atoms with Gasteiger partial charge in [0.05, 0.1) is 6.42 Å². The second kappa shape index (κ2) is 7.06. The summed E-state index contributed by atoms with van der Waals surface area (Å²) < 4.78 is 0. The van der Waals surface area contributed by atoms with E-state index < -0.39 is 5.97 Å². The fraction of sp³-hybridized carbons (Fsp3) is 0.455. The van der Waals surface area contributed by atoms with Crippen molar-refractivity contribution in [1.29, 1.82) is 0 Å². The molecule has 0 atom stereocenters. The van der Waals surface area contributed by atoms with Gasteiger partial charge in [-0.15, -0.1) is 0 Å². The van der Waals surface area contributed by atoms with Crippen LogP contribution < -0.4 is 0 Å². The minimum absolute atomic E-state index is 0.0463. The largest absolute Gasteiger partial charge is 0.481 e. The van der Waals surface area contributed by atoms with Crippen molar-refractivity contribution in [2.45, 2.75) is 33.1 Å². The predicted molar refractivity (Wildman–Crippen MR) is 55.1 cm³/mol. The van der Waals surface area contributed by atoms with Crippen LogP contribution in [0.5, 0.6) is 0 Å². The lowest BCUT2D eigenvalue weighted by molar-refractivity contribution is -0.136. The zero-order valence-electron chi connectivity index (χ0n) is 8.62. The lowest BCUT2D eigenvalue weighted by Gasteiger charge is -2.00. The second-order valence-electron chi connectivity index (χ2n) is 3.35. The number of rotatable bonds is 6. The molecule has 0 aliphatic carbocycles. The summed E-state index contributed by atoms with van der Waals surface area (Å²) in [5, 5.41) is 8.55. The Balaban J connectivity index is 4.11. The molecule has 14 heavy (non-hydrogen) atoms. The molecule has 0 radical (unpaired) electrons. The fourth-order valence-corrected chi connectivity index (χ4v) is 1.07. The van der Waals surface area contributed by atoms with E-state index in [1.165, 1.54) is 11.6 Å². The lowest BCUT2D eigenvalue weighted by atomic mass is 10.1. The van der Waals surface area contributed by atoms with Gasteiger partial charge in [0.1, 0.15) is 6.29 Å². The van der Waals surface area contributed by atoms with Crippen molar-refractivity contribution in [1.82, 2.24) is 0 Å². The normalized spacial score (nSPS) is 10.9. The molecule has 78 valence electrons. The van der Waals surface area contributed by atoms with Gasteiger partial charge in [-0.05, 0) is 32.8 Å². The van der Waals surface area contributed by atoms with E-state index in [0.717, 1.165) is 6.42 Å². The van der Waals surface area contributed by atoms with E-state index in [1.54, 1.807) is 0 Å². The molecule has 0 amide bonds. The number of carboxylic acids is 1. The first-order valence-electron chi connectivity index (χ1n) is 4.54. The Hall–Kier alpha value is -1.38. The average molecular weight is 196 g/mol. The van der Waals surface area contributed by atoms with Crippen LogP contribution in [0.15, 0.2) is 23.3 Å². The summed E-state index contributed by atoms with van der Waals surface area (Å²) in [6.07, 6.45) is 5.38. The summed E-state index contributed by atoms with van der Waals surface area (Å²) in [5.74, 6) is -0.893. The molecule has 1 N–H and O–H groups in total. The highest BCUT2D eigenvalue weighted by Gasteiger charge is 2.02. The maximum absolute atomic E-state index is 10.4. The van der Waals surface area contributed by atoms with E-state index in [2.05, 4.69) is 0 Å². The van der Waals surface area contributed by atoms with Crippen molar-refractivity contribution in [3.8, 4) is 0 Å². The van der Waals surface area contributed by atoms with Gasteiger partial charge in [-0.2, -0.15) is 0 Å². The Labute approximate surface area is 84.1 Å². The van der Waals surface area contributed by atoms with Gasteiger partial charge in [0.2, 0.25) is 0 Å². The maximum atomic E-state index is 10.4. The van der Waals surface area contributed by atoms with Crippen LogP contribution in [0.3, 0.4) is 0 Å². The third-order valence-electron chi connectivity index (χ3n) is 1.70. The SMILES string of the molecule is CC(C)=CCCC(=CC=O)CC(=O)O. The van der Waals surface area contributed by atoms with Crippen molar-refractivity contribution < 1.29 is 14.7 Å². The van der Waals surface area contributed by atoms with Crippen LogP contribution in [0.2, 0.25) is 0 Å². The van der Waals surface area contributed by atoms with Gasteiger partial charge in [-0.25, -0.2) is 0 Å². The fourth-order valence-electron chi connectivity index (χ4n) is 1.07. The summed E-state index contributed by atoms with van der Waals surface area (Å²) in [7, 11) is 0. The van der Waals surface area contributed by atoms with E-state index in [4.69, 9.17) is 5.11 Å². The highest BCUT2D eigenvalue weighted by Crippen LogP contribution is 2.10. The number of aldehydes is 1. The number of carbonyl (C=O) groups is 2. The van der Waals surface area contributed by atoms with E-state index in [0.29, 0.717) is 18.3 Å². The first-order chi connectivity index (χ1) is 6.56. The number of hydrogen-bond donors (Lipinski definition) is 1. The van der Waals surface area contributed by atoms with Gasteiger partial charge >= 0.3 is 5.97 Å². The molecule has 3 heteroatoms. The molecule has 0 spiro atoms. The summed E-state index contributed by atoms with van der Waals surface area (Å²) in [6, 6.07) is 0. The molecule has 0 saturated carbocycles. The highest BCUT2D eigenvalue weighted by molar-refractivity contribution is 5.73. The van der Waals surface area contributed by atoms with Crippen molar-refractivity contribution in [2.75, 3.05) is 0 Å². The third-order valence-corrected chi connectivity index (χ3v) is 1.70. The van der Waals surface area contributed by atoms with Crippen LogP contribution in [-0.4, -0.2) is 17.4 Å². The van der Waals surface area contributed by atoms with Crippen molar-refractivity contribution in [2.24, 2.45) is 0 Å². The highest BCUT2D eigenvalue weighted by atomic mass is 16.4. The molecule has 0 aromatic rings. The molecule has 0 saturated heterocycles. The van der Waals surface area contributed by atoms with Crippen LogP contribution in [0, 0.1) is 0 Å². The molecule has 0 fully saturated rings. The van der Waals surface area contributed by atoms with Crippen LogP contribution in [0.25, 0.3) is 0 Å². The van der Waals surface area contributed by atoms with Crippen LogP contribution in [0.4, 0.5) is 0 Å². The van der Waals surface area contributed by atoms with E-state index in [-0.39, 0.29) is 6.42 Å². The minimum atomic E-state index is -0.893. The van der Waals surface area contributed by atoms with E-state index in [1.807, 2.05) is 19.9 Å². The van der Waals surface area contributed by atoms with Crippen molar-refractivity contribution in [3.63, 3.8) is 0 Å². The molecule has 0 bridgehead atoms. The molecule has 0 aromatic heterocycles. The standard InChI is InChI=1S/C11H16O3/c1-9(2)4-3-5-10(6-7-12)8-11(13)14/h4,6-7H,3,5,8H2,1-2H3,(H,13,14). The van der Waals surface area contributed by atoms with E-state index in [9.17, 15) is 9.59 Å². The van der Waals surface area contributed by atoms with E-state index >= 15 is 0 Å². The third kappa shape index (κ3) is 7.28. The summed E-state index contributed by atoms with van der Waals surface area (Å²) in [6.45, 7) is 3.97. The Morgan fingerprint density at radius 3 is 2.43 bits per heavy atom. The average Bonchev–Trinajstić information content (AvgIpc) is 2.02. The van der Waals surface area contributed by atoms with Gasteiger partial charge in [0, 0.05) is 0 Å². The monoisotopic (exact) mass is 196 g/mol. The van der Waals surface area contributed by atoms with Gasteiger partial charge < -0.3 is 5.11 Å². The lowest BCUT2D eigenvalue weighted by Crippen LogP contribution is -1.97. The Kier molecular flexibility index (Phi) is 6.37. The molecular formula is C11H16O3. The number of allylic oxidation sites excluding steroid dienone is 3. The molecule has 0 heterocycles. The second-order valence-corrected chi connectivity index (χ2v) is 3.35. The van der Waals surface area contributed by atoms with Crippen molar-refractivity contribution in [3.05, 3.63) is 23.3 Å². The molecule has 3 nitrogen and oxygen atoms in total. The van der Waals surface area contributed by atoms with Crippen LogP contribution in [-0.2, 0) is 9.59 Å². The Bertz CT molecular complexity index is 258. The summed E-state index contributed by atoms with van der Waals surface area (Å²) in [5.41, 5.74) is 1.87. The number of carboxylic acid groups (broad SMARTS) is 1. The predicted octanol–water partition coefficient (Wildman–Crippen LogP) is 2.33. The first-order valence-corrected chi connectivity index (χ1v) is 4.54. The Morgan fingerprint density at radius 1 is 1.36 bits per heavy atom.